The molecular weight excluding hydrogens is 474 g/mol. The lowest BCUT2D eigenvalue weighted by Gasteiger charge is -2.27. The van der Waals surface area contributed by atoms with Gasteiger partial charge in [-0.3, -0.25) is 14.4 Å². The smallest absolute Gasteiger partial charge is 0.261 e. The van der Waals surface area contributed by atoms with E-state index in [-0.39, 0.29) is 48.7 Å². The van der Waals surface area contributed by atoms with Crippen LogP contribution in [0, 0.1) is 17.2 Å². The molecule has 0 saturated heterocycles. The number of amides is 3. The van der Waals surface area contributed by atoms with Crippen LogP contribution in [0.5, 0.6) is 0 Å². The fourth-order valence-corrected chi connectivity index (χ4v) is 5.52. The third kappa shape index (κ3) is 7.14. The standard InChI is InChI=1S/C27H35N5O3S/c1-5-24(33)30-21(13-25-31-20-11-10-19(16(2)3)12-23(20)36-25)27(35)32-22(18-8-6-7-9-18)15-29-26(34)17(4)14-28/h10-12,16,18,21-22H,4-9,13,15H2,1-3H3,(H,29,34)(H,30,33)(H,32,35)/t21-,22+/m0/s1. The second kappa shape index (κ2) is 12.6. The van der Waals surface area contributed by atoms with Crippen molar-refractivity contribution < 1.29 is 14.4 Å². The Balaban J connectivity index is 1.77. The van der Waals surface area contributed by atoms with Gasteiger partial charge in [0, 0.05) is 25.4 Å². The Morgan fingerprint density at radius 2 is 1.94 bits per heavy atom. The molecule has 2 aromatic rings. The largest absolute Gasteiger partial charge is 0.350 e. The molecule has 0 bridgehead atoms. The molecule has 3 N–H and O–H groups in total. The Kier molecular flexibility index (Phi) is 9.59. The number of nitrogens with zero attached hydrogens (tertiary/aromatic N) is 2. The third-order valence-corrected chi connectivity index (χ3v) is 7.70. The predicted molar refractivity (Wildman–Crippen MR) is 141 cm³/mol. The molecule has 192 valence electrons. The molecule has 1 aromatic carbocycles. The molecule has 36 heavy (non-hydrogen) atoms. The fourth-order valence-electron chi connectivity index (χ4n) is 4.45. The van der Waals surface area contributed by atoms with Crippen LogP contribution in [0.1, 0.15) is 69.4 Å². The molecule has 3 rings (SSSR count). The molecule has 0 aliphatic heterocycles. The van der Waals surface area contributed by atoms with E-state index in [1.165, 1.54) is 16.9 Å². The van der Waals surface area contributed by atoms with Crippen molar-refractivity contribution in [3.63, 3.8) is 0 Å². The lowest BCUT2D eigenvalue weighted by atomic mass is 9.97. The zero-order chi connectivity index (χ0) is 26.2. The lowest BCUT2D eigenvalue weighted by Crippen LogP contribution is -2.54. The summed E-state index contributed by atoms with van der Waals surface area (Å²) in [6.07, 6.45) is 4.57. The van der Waals surface area contributed by atoms with Crippen LogP contribution in [-0.2, 0) is 20.8 Å². The summed E-state index contributed by atoms with van der Waals surface area (Å²) in [7, 11) is 0. The van der Waals surface area contributed by atoms with Crippen molar-refractivity contribution in [3.05, 3.63) is 40.9 Å². The van der Waals surface area contributed by atoms with Gasteiger partial charge in [0.15, 0.2) is 0 Å². The fraction of sp³-hybridized carbons (Fsp3) is 0.519. The number of rotatable bonds is 11. The van der Waals surface area contributed by atoms with Crippen molar-refractivity contribution in [1.29, 1.82) is 5.26 Å². The highest BCUT2D eigenvalue weighted by molar-refractivity contribution is 7.18. The number of hydrogen-bond acceptors (Lipinski definition) is 6. The summed E-state index contributed by atoms with van der Waals surface area (Å²) < 4.78 is 1.06. The Bertz CT molecular complexity index is 1160. The zero-order valence-electron chi connectivity index (χ0n) is 21.2. The molecule has 1 saturated carbocycles. The van der Waals surface area contributed by atoms with E-state index in [4.69, 9.17) is 10.2 Å². The molecule has 1 aliphatic carbocycles. The Hall–Kier alpha value is -3.25. The predicted octanol–water partition coefficient (Wildman–Crippen LogP) is 3.73. The van der Waals surface area contributed by atoms with Crippen molar-refractivity contribution in [1.82, 2.24) is 20.9 Å². The average Bonchev–Trinajstić information content (AvgIpc) is 3.54. The Morgan fingerprint density at radius 1 is 1.22 bits per heavy atom. The van der Waals surface area contributed by atoms with Gasteiger partial charge in [-0.25, -0.2) is 4.98 Å². The summed E-state index contributed by atoms with van der Waals surface area (Å²) in [5.41, 5.74) is 1.94. The van der Waals surface area contributed by atoms with E-state index >= 15 is 0 Å². The van der Waals surface area contributed by atoms with Crippen LogP contribution in [0.15, 0.2) is 30.4 Å². The highest BCUT2D eigenvalue weighted by Crippen LogP contribution is 2.29. The van der Waals surface area contributed by atoms with Gasteiger partial charge in [-0.05, 0) is 42.4 Å². The highest BCUT2D eigenvalue weighted by atomic mass is 32.1. The van der Waals surface area contributed by atoms with Gasteiger partial charge in [0.2, 0.25) is 11.8 Å². The van der Waals surface area contributed by atoms with Gasteiger partial charge in [-0.1, -0.05) is 46.3 Å². The van der Waals surface area contributed by atoms with Crippen LogP contribution in [0.3, 0.4) is 0 Å². The summed E-state index contributed by atoms with van der Waals surface area (Å²) in [4.78, 5) is 42.5. The number of nitriles is 1. The minimum absolute atomic E-state index is 0.170. The molecule has 8 nitrogen and oxygen atoms in total. The van der Waals surface area contributed by atoms with Crippen molar-refractivity contribution in [2.45, 2.75) is 77.3 Å². The molecule has 0 radical (unpaired) electrons. The van der Waals surface area contributed by atoms with Crippen LogP contribution in [-0.4, -0.2) is 41.3 Å². The normalized spacial score (nSPS) is 15.3. The summed E-state index contributed by atoms with van der Waals surface area (Å²) in [5.74, 6) is -0.441. The quantitative estimate of drug-likeness (QED) is 0.315. The van der Waals surface area contributed by atoms with Crippen molar-refractivity contribution >= 4 is 39.3 Å². The van der Waals surface area contributed by atoms with E-state index in [1.807, 2.05) is 6.07 Å². The summed E-state index contributed by atoms with van der Waals surface area (Å²) >= 11 is 1.53. The highest BCUT2D eigenvalue weighted by Gasteiger charge is 2.30. The Morgan fingerprint density at radius 3 is 2.58 bits per heavy atom. The molecule has 9 heteroatoms. The number of benzene rings is 1. The third-order valence-electron chi connectivity index (χ3n) is 6.66. The van der Waals surface area contributed by atoms with Crippen LogP contribution in [0.25, 0.3) is 10.2 Å². The molecule has 1 aromatic heterocycles. The second-order valence-corrected chi connectivity index (χ2v) is 10.7. The van der Waals surface area contributed by atoms with E-state index in [0.717, 1.165) is 40.9 Å². The number of carbonyl (C=O) groups is 3. The first kappa shape index (κ1) is 27.3. The minimum atomic E-state index is -0.781. The maximum absolute atomic E-state index is 13.4. The average molecular weight is 510 g/mol. The first-order valence-corrected chi connectivity index (χ1v) is 13.4. The number of aromatic nitrogens is 1. The van der Waals surface area contributed by atoms with E-state index in [9.17, 15) is 14.4 Å². The van der Waals surface area contributed by atoms with E-state index in [0.29, 0.717) is 5.92 Å². The van der Waals surface area contributed by atoms with Gasteiger partial charge in [0.25, 0.3) is 5.91 Å². The van der Waals surface area contributed by atoms with Crippen LogP contribution in [0.4, 0.5) is 0 Å². The summed E-state index contributed by atoms with van der Waals surface area (Å²) in [6, 6.07) is 6.86. The second-order valence-electron chi connectivity index (χ2n) is 9.63. The SMILES string of the molecule is C=C(C#N)C(=O)NC[C@@H](NC(=O)[C@H](Cc1nc2ccc(C(C)C)cc2s1)NC(=O)CC)C1CCCC1. The number of hydrogen-bond donors (Lipinski definition) is 3. The van der Waals surface area contributed by atoms with Crippen molar-refractivity contribution in [3.8, 4) is 6.07 Å². The van der Waals surface area contributed by atoms with Gasteiger partial charge >= 0.3 is 0 Å². The maximum atomic E-state index is 13.4. The number of fused-ring (bicyclic) bond motifs is 1. The van der Waals surface area contributed by atoms with Crippen molar-refractivity contribution in [2.24, 2.45) is 5.92 Å². The van der Waals surface area contributed by atoms with E-state index < -0.39 is 11.9 Å². The first-order chi connectivity index (χ1) is 17.2. The molecule has 0 unspecified atom stereocenters. The zero-order valence-corrected chi connectivity index (χ0v) is 22.0. The van der Waals surface area contributed by atoms with Gasteiger partial charge in [-0.2, -0.15) is 5.26 Å². The molecule has 1 heterocycles. The molecular formula is C27H35N5O3S. The van der Waals surface area contributed by atoms with Crippen LogP contribution in [0.2, 0.25) is 0 Å². The Labute approximate surface area is 216 Å². The van der Waals surface area contributed by atoms with E-state index in [2.05, 4.69) is 48.5 Å². The number of thiazole rings is 1. The molecule has 0 spiro atoms. The van der Waals surface area contributed by atoms with Crippen LogP contribution >= 0.6 is 11.3 Å². The summed E-state index contributed by atoms with van der Waals surface area (Å²) in [6.45, 7) is 9.67. The monoisotopic (exact) mass is 509 g/mol. The molecule has 1 fully saturated rings. The van der Waals surface area contributed by atoms with Gasteiger partial charge < -0.3 is 16.0 Å². The van der Waals surface area contributed by atoms with Gasteiger partial charge in [-0.15, -0.1) is 11.3 Å². The van der Waals surface area contributed by atoms with Gasteiger partial charge in [0.1, 0.15) is 17.7 Å². The molecule has 3 amide bonds. The lowest BCUT2D eigenvalue weighted by molar-refractivity contribution is -0.129. The van der Waals surface area contributed by atoms with E-state index in [1.54, 1.807) is 13.0 Å². The number of nitrogens with one attached hydrogen (secondary N) is 3. The maximum Gasteiger partial charge on any atom is 0.261 e. The van der Waals surface area contributed by atoms with Crippen LogP contribution < -0.4 is 16.0 Å². The van der Waals surface area contributed by atoms with Crippen molar-refractivity contribution in [2.75, 3.05) is 6.54 Å². The minimum Gasteiger partial charge on any atom is -0.350 e. The summed E-state index contributed by atoms with van der Waals surface area (Å²) in [5, 5.41) is 18.3. The first-order valence-electron chi connectivity index (χ1n) is 12.6. The van der Waals surface area contributed by atoms with Gasteiger partial charge in [0.05, 0.1) is 15.2 Å². The molecule has 2 atom stereocenters. The molecule has 1 aliphatic rings. The topological polar surface area (TPSA) is 124 Å². The number of carbonyl (C=O) groups excluding carboxylic acids is 3.